The highest BCUT2D eigenvalue weighted by molar-refractivity contribution is 5.86. The lowest BCUT2D eigenvalue weighted by Gasteiger charge is -2.17. The summed E-state index contributed by atoms with van der Waals surface area (Å²) in [6.45, 7) is 5.50. The molecule has 0 N–H and O–H groups in total. The lowest BCUT2D eigenvalue weighted by molar-refractivity contribution is -0.148. The van der Waals surface area contributed by atoms with Crippen LogP contribution in [0.2, 0.25) is 0 Å². The number of nitrogens with zero attached hydrogens (tertiary/aromatic N) is 1. The van der Waals surface area contributed by atoms with E-state index in [9.17, 15) is 4.79 Å². The maximum atomic E-state index is 11.3. The molecule has 1 heterocycles. The van der Waals surface area contributed by atoms with Crippen LogP contribution in [0.1, 0.15) is 26.5 Å². The van der Waals surface area contributed by atoms with Crippen molar-refractivity contribution < 1.29 is 9.53 Å². The first-order valence-electron chi connectivity index (χ1n) is 4.79. The fraction of sp³-hybridized carbons (Fsp3) is 0.333. The predicted octanol–water partition coefficient (Wildman–Crippen LogP) is 2.44. The van der Waals surface area contributed by atoms with Gasteiger partial charge in [0.05, 0.1) is 5.69 Å². The number of carbonyl (C=O) groups excluding carboxylic acids is 1. The zero-order valence-electron chi connectivity index (χ0n) is 9.23. The molecule has 0 aromatic carbocycles. The van der Waals surface area contributed by atoms with Crippen molar-refractivity contribution in [2.75, 3.05) is 0 Å². The van der Waals surface area contributed by atoms with Crippen LogP contribution >= 0.6 is 0 Å². The van der Waals surface area contributed by atoms with Crippen LogP contribution in [0.25, 0.3) is 6.08 Å². The van der Waals surface area contributed by atoms with Gasteiger partial charge < -0.3 is 4.74 Å². The fourth-order valence-electron chi connectivity index (χ4n) is 0.964. The molecule has 0 bridgehead atoms. The monoisotopic (exact) mass is 205 g/mol. The fourth-order valence-corrected chi connectivity index (χ4v) is 0.964. The Hall–Kier alpha value is -1.64. The molecule has 0 unspecified atom stereocenters. The number of aromatic nitrogens is 1. The molecule has 0 saturated heterocycles. The third-order valence-electron chi connectivity index (χ3n) is 1.48. The lowest BCUT2D eigenvalue weighted by Crippen LogP contribution is -2.22. The van der Waals surface area contributed by atoms with E-state index in [1.807, 2.05) is 39.0 Å². The Kier molecular flexibility index (Phi) is 3.61. The van der Waals surface area contributed by atoms with Crippen molar-refractivity contribution in [2.24, 2.45) is 0 Å². The van der Waals surface area contributed by atoms with Crippen LogP contribution in [-0.4, -0.2) is 16.6 Å². The highest BCUT2D eigenvalue weighted by atomic mass is 16.6. The topological polar surface area (TPSA) is 39.2 Å². The molecule has 0 aliphatic rings. The van der Waals surface area contributed by atoms with Crippen molar-refractivity contribution >= 4 is 12.0 Å². The standard InChI is InChI=1S/C12H15NO2/c1-12(2,3)15-11(14)8-7-10-6-4-5-9-13-10/h4-9H,1-3H3. The molecule has 1 aromatic heterocycles. The summed E-state index contributed by atoms with van der Waals surface area (Å²) in [6, 6.07) is 5.51. The van der Waals surface area contributed by atoms with Gasteiger partial charge in [0.25, 0.3) is 0 Å². The lowest BCUT2D eigenvalue weighted by atomic mass is 10.2. The third-order valence-corrected chi connectivity index (χ3v) is 1.48. The van der Waals surface area contributed by atoms with E-state index in [0.29, 0.717) is 0 Å². The van der Waals surface area contributed by atoms with Crippen molar-refractivity contribution in [3.8, 4) is 0 Å². The number of hydrogen-bond acceptors (Lipinski definition) is 3. The van der Waals surface area contributed by atoms with E-state index < -0.39 is 5.60 Å². The predicted molar refractivity (Wildman–Crippen MR) is 59.1 cm³/mol. The highest BCUT2D eigenvalue weighted by Gasteiger charge is 2.13. The molecule has 80 valence electrons. The summed E-state index contributed by atoms with van der Waals surface area (Å²) < 4.78 is 5.11. The number of ether oxygens (including phenoxy) is 1. The molecule has 1 aromatic rings. The van der Waals surface area contributed by atoms with E-state index in [1.165, 1.54) is 6.08 Å². The molecule has 0 saturated carbocycles. The Morgan fingerprint density at radius 2 is 2.13 bits per heavy atom. The van der Waals surface area contributed by atoms with Crippen molar-refractivity contribution in [1.29, 1.82) is 0 Å². The Labute approximate surface area is 89.8 Å². The second-order valence-electron chi connectivity index (χ2n) is 4.12. The zero-order valence-corrected chi connectivity index (χ0v) is 9.23. The van der Waals surface area contributed by atoms with Crippen LogP contribution < -0.4 is 0 Å². The van der Waals surface area contributed by atoms with Gasteiger partial charge in [0.2, 0.25) is 0 Å². The Balaban J connectivity index is 2.56. The van der Waals surface area contributed by atoms with E-state index in [2.05, 4.69) is 4.98 Å². The maximum absolute atomic E-state index is 11.3. The molecule has 0 aliphatic heterocycles. The number of carbonyl (C=O) groups is 1. The van der Waals surface area contributed by atoms with E-state index in [-0.39, 0.29) is 5.97 Å². The first-order valence-corrected chi connectivity index (χ1v) is 4.79. The molecule has 0 atom stereocenters. The minimum atomic E-state index is -0.453. The molecule has 15 heavy (non-hydrogen) atoms. The SMILES string of the molecule is CC(C)(C)OC(=O)C=Cc1ccccn1. The molecule has 0 amide bonds. The summed E-state index contributed by atoms with van der Waals surface area (Å²) in [7, 11) is 0. The highest BCUT2D eigenvalue weighted by Crippen LogP contribution is 2.07. The molecule has 1 rings (SSSR count). The van der Waals surface area contributed by atoms with Crippen molar-refractivity contribution in [1.82, 2.24) is 4.98 Å². The molecular weight excluding hydrogens is 190 g/mol. The molecule has 0 aliphatic carbocycles. The molecule has 3 heteroatoms. The van der Waals surface area contributed by atoms with Crippen LogP contribution in [-0.2, 0) is 9.53 Å². The van der Waals surface area contributed by atoms with Crippen molar-refractivity contribution in [3.05, 3.63) is 36.2 Å². The summed E-state index contributed by atoms with van der Waals surface area (Å²) in [5, 5.41) is 0. The maximum Gasteiger partial charge on any atom is 0.331 e. The van der Waals surface area contributed by atoms with Gasteiger partial charge in [-0.25, -0.2) is 4.79 Å². The number of hydrogen-bond donors (Lipinski definition) is 0. The quantitative estimate of drug-likeness (QED) is 0.550. The van der Waals surface area contributed by atoms with Crippen LogP contribution in [0.15, 0.2) is 30.5 Å². The van der Waals surface area contributed by atoms with Gasteiger partial charge in [-0.2, -0.15) is 0 Å². The number of rotatable bonds is 2. The molecule has 0 spiro atoms. The summed E-state index contributed by atoms with van der Waals surface area (Å²) in [5.41, 5.74) is 0.286. The van der Waals surface area contributed by atoms with Crippen molar-refractivity contribution in [3.63, 3.8) is 0 Å². The van der Waals surface area contributed by atoms with Crippen LogP contribution in [0.3, 0.4) is 0 Å². The van der Waals surface area contributed by atoms with Crippen LogP contribution in [0.4, 0.5) is 0 Å². The van der Waals surface area contributed by atoms with Gasteiger partial charge in [0.1, 0.15) is 5.60 Å². The van der Waals surface area contributed by atoms with Crippen molar-refractivity contribution in [2.45, 2.75) is 26.4 Å². The average Bonchev–Trinajstić information content (AvgIpc) is 2.14. The smallest absolute Gasteiger partial charge is 0.331 e. The largest absolute Gasteiger partial charge is 0.457 e. The summed E-state index contributed by atoms with van der Waals surface area (Å²) in [6.07, 6.45) is 4.69. The second kappa shape index (κ2) is 4.73. The summed E-state index contributed by atoms with van der Waals surface area (Å²) >= 11 is 0. The Morgan fingerprint density at radius 1 is 1.40 bits per heavy atom. The molecule has 0 fully saturated rings. The molecule has 0 radical (unpaired) electrons. The van der Waals surface area contributed by atoms with Gasteiger partial charge >= 0.3 is 5.97 Å². The minimum absolute atomic E-state index is 0.354. The van der Waals surface area contributed by atoms with E-state index in [4.69, 9.17) is 4.74 Å². The first-order chi connectivity index (χ1) is 6.97. The van der Waals surface area contributed by atoms with Gasteiger partial charge in [0.15, 0.2) is 0 Å². The Bertz CT molecular complexity index is 350. The van der Waals surface area contributed by atoms with Gasteiger partial charge in [-0.15, -0.1) is 0 Å². The van der Waals surface area contributed by atoms with Gasteiger partial charge in [-0.05, 0) is 39.0 Å². The van der Waals surface area contributed by atoms with Crippen LogP contribution in [0, 0.1) is 0 Å². The number of pyridine rings is 1. The van der Waals surface area contributed by atoms with Crippen LogP contribution in [0.5, 0.6) is 0 Å². The van der Waals surface area contributed by atoms with Gasteiger partial charge in [0, 0.05) is 12.3 Å². The van der Waals surface area contributed by atoms with Gasteiger partial charge in [-0.1, -0.05) is 6.07 Å². The first kappa shape index (κ1) is 11.4. The summed E-state index contributed by atoms with van der Waals surface area (Å²) in [5.74, 6) is -0.354. The normalized spacial score (nSPS) is 11.7. The zero-order chi connectivity index (χ0) is 11.3. The van der Waals surface area contributed by atoms with E-state index in [1.54, 1.807) is 12.3 Å². The Morgan fingerprint density at radius 3 is 2.67 bits per heavy atom. The molecular formula is C12H15NO2. The minimum Gasteiger partial charge on any atom is -0.457 e. The number of esters is 1. The third kappa shape index (κ3) is 4.96. The van der Waals surface area contributed by atoms with E-state index >= 15 is 0 Å². The average molecular weight is 205 g/mol. The van der Waals surface area contributed by atoms with E-state index in [0.717, 1.165) is 5.69 Å². The summed E-state index contributed by atoms with van der Waals surface area (Å²) in [4.78, 5) is 15.3. The molecule has 3 nitrogen and oxygen atoms in total. The second-order valence-corrected chi connectivity index (χ2v) is 4.12. The van der Waals surface area contributed by atoms with Gasteiger partial charge in [-0.3, -0.25) is 4.98 Å².